The lowest BCUT2D eigenvalue weighted by Crippen LogP contribution is -2.28. The third-order valence-electron chi connectivity index (χ3n) is 3.67. The lowest BCUT2D eigenvalue weighted by Gasteiger charge is -2.20. The van der Waals surface area contributed by atoms with Crippen molar-refractivity contribution in [3.63, 3.8) is 0 Å². The summed E-state index contributed by atoms with van der Waals surface area (Å²) in [4.78, 5) is 26.1. The summed E-state index contributed by atoms with van der Waals surface area (Å²) in [6.07, 6.45) is 0. The maximum absolute atomic E-state index is 13.7. The van der Waals surface area contributed by atoms with Crippen LogP contribution in [-0.4, -0.2) is 25.9 Å². The molecule has 7 heteroatoms. The average molecular weight is 336 g/mol. The Hall–Kier alpha value is -2.83. The third-order valence-corrected chi connectivity index (χ3v) is 3.67. The molecule has 0 atom stereocenters. The number of carbonyl (C=O) groups is 2. The average Bonchev–Trinajstić information content (AvgIpc) is 2.58. The molecule has 2 amide bonds. The number of amides is 2. The van der Waals surface area contributed by atoms with Gasteiger partial charge in [0.05, 0.1) is 5.56 Å². The summed E-state index contributed by atoms with van der Waals surface area (Å²) in [6.45, 7) is 1.41. The van der Waals surface area contributed by atoms with Crippen LogP contribution in [0.15, 0.2) is 36.4 Å². The summed E-state index contributed by atoms with van der Waals surface area (Å²) in [7, 11) is 2.98. The highest BCUT2D eigenvalue weighted by molar-refractivity contribution is 6.06. The molecular formula is C17H15F3N2O2. The van der Waals surface area contributed by atoms with Gasteiger partial charge >= 0.3 is 0 Å². The Kier molecular flexibility index (Phi) is 4.92. The quantitative estimate of drug-likeness (QED) is 0.807. The Labute approximate surface area is 137 Å². The molecule has 0 aliphatic rings. The van der Waals surface area contributed by atoms with Gasteiger partial charge in [0.25, 0.3) is 5.91 Å². The van der Waals surface area contributed by atoms with Crippen molar-refractivity contribution in [2.24, 2.45) is 0 Å². The largest absolute Gasteiger partial charge is 0.316 e. The van der Waals surface area contributed by atoms with E-state index >= 15 is 0 Å². The van der Waals surface area contributed by atoms with E-state index in [4.69, 9.17) is 0 Å². The number of nitrogens with zero attached hydrogens (tertiary/aromatic N) is 2. The van der Waals surface area contributed by atoms with Gasteiger partial charge in [-0.1, -0.05) is 0 Å². The van der Waals surface area contributed by atoms with Gasteiger partial charge in [-0.15, -0.1) is 0 Å². The van der Waals surface area contributed by atoms with Gasteiger partial charge in [-0.05, 0) is 36.4 Å². The minimum Gasteiger partial charge on any atom is -0.316 e. The summed E-state index contributed by atoms with van der Waals surface area (Å²) >= 11 is 0. The Morgan fingerprint density at radius 3 is 1.79 bits per heavy atom. The maximum Gasteiger partial charge on any atom is 0.261 e. The fourth-order valence-electron chi connectivity index (χ4n) is 2.07. The van der Waals surface area contributed by atoms with Gasteiger partial charge in [0.1, 0.15) is 0 Å². The number of carbonyl (C=O) groups excluding carboxylic acids is 2. The van der Waals surface area contributed by atoms with E-state index in [1.807, 2.05) is 0 Å². The van der Waals surface area contributed by atoms with Crippen molar-refractivity contribution < 1.29 is 22.8 Å². The number of rotatable bonds is 3. The van der Waals surface area contributed by atoms with E-state index in [1.165, 1.54) is 18.9 Å². The van der Waals surface area contributed by atoms with Crippen LogP contribution in [0.5, 0.6) is 0 Å². The van der Waals surface area contributed by atoms with Crippen LogP contribution >= 0.6 is 0 Å². The van der Waals surface area contributed by atoms with Crippen molar-refractivity contribution in [3.8, 4) is 0 Å². The lowest BCUT2D eigenvalue weighted by atomic mass is 10.1. The molecule has 0 spiro atoms. The molecule has 0 unspecified atom stereocenters. The van der Waals surface area contributed by atoms with Crippen molar-refractivity contribution in [1.29, 1.82) is 0 Å². The molecule has 0 heterocycles. The van der Waals surface area contributed by atoms with E-state index in [0.717, 1.165) is 11.0 Å². The van der Waals surface area contributed by atoms with E-state index < -0.39 is 28.9 Å². The van der Waals surface area contributed by atoms with Crippen LogP contribution in [-0.2, 0) is 4.79 Å². The second-order valence-electron chi connectivity index (χ2n) is 5.18. The third kappa shape index (κ3) is 3.24. The first kappa shape index (κ1) is 17.5. The van der Waals surface area contributed by atoms with Crippen LogP contribution in [0.25, 0.3) is 0 Å². The Bertz CT molecular complexity index is 791. The zero-order valence-corrected chi connectivity index (χ0v) is 13.3. The van der Waals surface area contributed by atoms with Crippen molar-refractivity contribution in [2.75, 3.05) is 23.9 Å². The van der Waals surface area contributed by atoms with Gasteiger partial charge in [-0.25, -0.2) is 13.2 Å². The summed E-state index contributed by atoms with van der Waals surface area (Å²) in [5, 5.41) is 0. The Balaban J connectivity index is 2.28. The van der Waals surface area contributed by atoms with Crippen LogP contribution in [0.2, 0.25) is 0 Å². The molecule has 0 N–H and O–H groups in total. The van der Waals surface area contributed by atoms with Crippen LogP contribution in [0.3, 0.4) is 0 Å². The smallest absolute Gasteiger partial charge is 0.261 e. The molecule has 0 aliphatic heterocycles. The van der Waals surface area contributed by atoms with Gasteiger partial charge in [0, 0.05) is 32.4 Å². The fraction of sp³-hybridized carbons (Fsp3) is 0.176. The molecule has 0 radical (unpaired) electrons. The number of halogens is 3. The molecule has 2 rings (SSSR count). The summed E-state index contributed by atoms with van der Waals surface area (Å²) in [5.74, 6) is -5.55. The molecule has 0 saturated carbocycles. The Morgan fingerprint density at radius 2 is 1.29 bits per heavy atom. The molecule has 126 valence electrons. The van der Waals surface area contributed by atoms with E-state index in [0.29, 0.717) is 17.4 Å². The van der Waals surface area contributed by atoms with Gasteiger partial charge in [0.15, 0.2) is 17.5 Å². The zero-order valence-electron chi connectivity index (χ0n) is 13.3. The highest BCUT2D eigenvalue weighted by Crippen LogP contribution is 2.23. The van der Waals surface area contributed by atoms with E-state index in [1.54, 1.807) is 31.3 Å². The van der Waals surface area contributed by atoms with Crippen molar-refractivity contribution >= 4 is 23.2 Å². The molecular weight excluding hydrogens is 321 g/mol. The van der Waals surface area contributed by atoms with Crippen molar-refractivity contribution in [1.82, 2.24) is 0 Å². The molecule has 2 aromatic rings. The number of anilines is 2. The van der Waals surface area contributed by atoms with Gasteiger partial charge in [0.2, 0.25) is 5.91 Å². The maximum atomic E-state index is 13.7. The molecule has 0 aromatic heterocycles. The first-order valence-electron chi connectivity index (χ1n) is 7.00. The summed E-state index contributed by atoms with van der Waals surface area (Å²) < 4.78 is 40.0. The number of benzene rings is 2. The fourth-order valence-corrected chi connectivity index (χ4v) is 2.07. The minimum absolute atomic E-state index is 0.156. The minimum atomic E-state index is -1.69. The molecule has 0 bridgehead atoms. The highest BCUT2D eigenvalue weighted by atomic mass is 19.2. The molecule has 24 heavy (non-hydrogen) atoms. The predicted molar refractivity (Wildman–Crippen MR) is 84.6 cm³/mol. The number of hydrogen-bond donors (Lipinski definition) is 0. The van der Waals surface area contributed by atoms with Crippen LogP contribution < -0.4 is 9.80 Å². The first-order valence-corrected chi connectivity index (χ1v) is 7.00. The standard InChI is InChI=1S/C17H15F3N2O2/c1-10(23)21(2)11-4-6-12(7-5-11)22(3)17(24)13-8-9-14(18)16(20)15(13)19/h4-9H,1-3H3. The monoisotopic (exact) mass is 336 g/mol. The van der Waals surface area contributed by atoms with E-state index in [9.17, 15) is 22.8 Å². The molecule has 0 fully saturated rings. The second-order valence-corrected chi connectivity index (χ2v) is 5.18. The van der Waals surface area contributed by atoms with Gasteiger partial charge in [-0.3, -0.25) is 9.59 Å². The van der Waals surface area contributed by atoms with Crippen molar-refractivity contribution in [2.45, 2.75) is 6.92 Å². The van der Waals surface area contributed by atoms with Gasteiger partial charge < -0.3 is 9.80 Å². The van der Waals surface area contributed by atoms with Crippen LogP contribution in [0.4, 0.5) is 24.5 Å². The van der Waals surface area contributed by atoms with E-state index in [2.05, 4.69) is 0 Å². The topological polar surface area (TPSA) is 40.6 Å². The normalized spacial score (nSPS) is 10.4. The molecule has 0 saturated heterocycles. The highest BCUT2D eigenvalue weighted by Gasteiger charge is 2.22. The zero-order chi connectivity index (χ0) is 18.0. The molecule has 2 aromatic carbocycles. The molecule has 0 aliphatic carbocycles. The summed E-state index contributed by atoms with van der Waals surface area (Å²) in [5.41, 5.74) is 0.456. The summed E-state index contributed by atoms with van der Waals surface area (Å²) in [6, 6.07) is 7.94. The number of hydrogen-bond acceptors (Lipinski definition) is 2. The van der Waals surface area contributed by atoms with Gasteiger partial charge in [-0.2, -0.15) is 0 Å². The predicted octanol–water partition coefficient (Wildman–Crippen LogP) is 3.36. The second kappa shape index (κ2) is 6.74. The van der Waals surface area contributed by atoms with Crippen molar-refractivity contribution in [3.05, 3.63) is 59.4 Å². The van der Waals surface area contributed by atoms with E-state index in [-0.39, 0.29) is 5.91 Å². The lowest BCUT2D eigenvalue weighted by molar-refractivity contribution is -0.116. The first-order chi connectivity index (χ1) is 11.2. The SMILES string of the molecule is CC(=O)N(C)c1ccc(N(C)C(=O)c2ccc(F)c(F)c2F)cc1. The molecule has 4 nitrogen and oxygen atoms in total. The Morgan fingerprint density at radius 1 is 0.792 bits per heavy atom. The van der Waals surface area contributed by atoms with Crippen LogP contribution in [0.1, 0.15) is 17.3 Å². The van der Waals surface area contributed by atoms with Crippen LogP contribution in [0, 0.1) is 17.5 Å².